The molecule has 0 unspecified atom stereocenters. The molecule has 3 atom stereocenters. The minimum absolute atomic E-state index is 0.0128. The summed E-state index contributed by atoms with van der Waals surface area (Å²) in [5, 5.41) is 3.10. The van der Waals surface area contributed by atoms with Crippen molar-refractivity contribution >= 4 is 5.91 Å². The second-order valence-corrected chi connectivity index (χ2v) is 13.3. The van der Waals surface area contributed by atoms with Crippen molar-refractivity contribution in [2.75, 3.05) is 27.3 Å². The molecule has 0 aliphatic heterocycles. The smallest absolute Gasteiger partial charge is 0.221 e. The van der Waals surface area contributed by atoms with E-state index in [0.29, 0.717) is 31.2 Å². The Morgan fingerprint density at radius 1 is 1.02 bits per heavy atom. The highest BCUT2D eigenvalue weighted by Gasteiger charge is 2.56. The summed E-state index contributed by atoms with van der Waals surface area (Å²) < 4.78 is 12.1. The van der Waals surface area contributed by atoms with E-state index in [1.54, 1.807) is 14.2 Å². The van der Waals surface area contributed by atoms with Crippen molar-refractivity contribution in [2.24, 2.45) is 23.0 Å². The van der Waals surface area contributed by atoms with Crippen molar-refractivity contribution in [2.45, 2.75) is 90.4 Å². The molecule has 0 saturated heterocycles. The molecule has 1 saturated carbocycles. The number of terminal acetylenes is 1. The number of allylic oxidation sites excluding steroid dienone is 1. The largest absolute Gasteiger partial charge is 0.496 e. The van der Waals surface area contributed by atoms with Crippen LogP contribution >= 0.6 is 0 Å². The number of carbonyl (C=O) groups is 1. The summed E-state index contributed by atoms with van der Waals surface area (Å²) in [6.45, 7) is 10.7. The van der Waals surface area contributed by atoms with Crippen LogP contribution in [0.2, 0.25) is 0 Å². The van der Waals surface area contributed by atoms with Gasteiger partial charge in [0, 0.05) is 30.9 Å². The molecular formula is C38H54N2O3. The van der Waals surface area contributed by atoms with E-state index in [1.807, 2.05) is 36.4 Å². The predicted molar refractivity (Wildman–Crippen MR) is 178 cm³/mol. The van der Waals surface area contributed by atoms with E-state index in [4.69, 9.17) is 21.6 Å². The molecule has 0 heterocycles. The van der Waals surface area contributed by atoms with Gasteiger partial charge in [0.2, 0.25) is 5.91 Å². The molecule has 1 fully saturated rings. The van der Waals surface area contributed by atoms with Crippen LogP contribution in [0.5, 0.6) is 11.5 Å². The molecule has 3 aliphatic rings. The molecule has 2 bridgehead atoms. The van der Waals surface area contributed by atoms with Crippen LogP contribution in [0.1, 0.15) is 96.1 Å². The molecule has 1 amide bonds. The van der Waals surface area contributed by atoms with Crippen LogP contribution < -0.4 is 20.5 Å². The maximum atomic E-state index is 12.3. The number of rotatable bonds is 14. The first-order valence-corrected chi connectivity index (χ1v) is 16.0. The van der Waals surface area contributed by atoms with Crippen LogP contribution in [0.15, 0.2) is 60.2 Å². The van der Waals surface area contributed by atoms with Crippen LogP contribution in [0.25, 0.3) is 0 Å². The Bertz CT molecular complexity index is 1190. The van der Waals surface area contributed by atoms with Crippen molar-refractivity contribution in [3.63, 3.8) is 0 Å². The van der Waals surface area contributed by atoms with Gasteiger partial charge < -0.3 is 20.5 Å². The van der Waals surface area contributed by atoms with E-state index < -0.39 is 0 Å². The number of carbonyl (C=O) groups excluding carboxylic acids is 1. The highest BCUT2D eigenvalue weighted by atomic mass is 16.5. The molecule has 3 aliphatic carbocycles. The van der Waals surface area contributed by atoms with Crippen molar-refractivity contribution in [3.05, 3.63) is 71.3 Å². The first-order chi connectivity index (χ1) is 20.6. The van der Waals surface area contributed by atoms with Crippen LogP contribution in [0, 0.1) is 29.6 Å². The maximum Gasteiger partial charge on any atom is 0.221 e. The lowest BCUT2D eigenvalue weighted by molar-refractivity contribution is -0.121. The number of nitrogens with two attached hydrogens (primary N) is 1. The molecule has 0 spiro atoms. The Balaban J connectivity index is 0.000000749. The Hall–Kier alpha value is -3.23. The lowest BCUT2D eigenvalue weighted by atomic mass is 9.45. The zero-order chi connectivity index (χ0) is 31.5. The number of nitrogens with one attached hydrogen (secondary N) is 1. The van der Waals surface area contributed by atoms with Gasteiger partial charge in [-0.3, -0.25) is 4.79 Å². The van der Waals surface area contributed by atoms with Gasteiger partial charge in [-0.2, -0.15) is 0 Å². The van der Waals surface area contributed by atoms with E-state index >= 15 is 0 Å². The minimum atomic E-state index is 0.0128. The Morgan fingerprint density at radius 2 is 1.60 bits per heavy atom. The van der Waals surface area contributed by atoms with E-state index in [1.165, 1.54) is 30.4 Å². The van der Waals surface area contributed by atoms with Crippen LogP contribution in [-0.2, 0) is 10.2 Å². The summed E-state index contributed by atoms with van der Waals surface area (Å²) in [6.07, 6.45) is 15.4. The highest BCUT2D eigenvalue weighted by molar-refractivity contribution is 5.76. The zero-order valence-corrected chi connectivity index (χ0v) is 27.4. The third-order valence-corrected chi connectivity index (χ3v) is 9.69. The van der Waals surface area contributed by atoms with Crippen LogP contribution in [0.4, 0.5) is 0 Å². The third-order valence-electron chi connectivity index (χ3n) is 9.69. The van der Waals surface area contributed by atoms with Crippen molar-refractivity contribution in [1.29, 1.82) is 0 Å². The average Bonchev–Trinajstić information content (AvgIpc) is 3.02. The number of benzene rings is 2. The van der Waals surface area contributed by atoms with Gasteiger partial charge in [0.15, 0.2) is 0 Å². The first kappa shape index (κ1) is 34.3. The fourth-order valence-electron chi connectivity index (χ4n) is 6.85. The van der Waals surface area contributed by atoms with Gasteiger partial charge in [-0.1, -0.05) is 95.0 Å². The third kappa shape index (κ3) is 8.67. The van der Waals surface area contributed by atoms with Crippen molar-refractivity contribution < 1.29 is 14.3 Å². The standard InChI is InChI=1S/C32H48N2O3.C6H6/c1-8-9-14-29(35)34-21-22-17-24(26-20-25(22)32(26,4)5)30-27(36-6)18-23(19-28(30)37-7)31(2,3)15-12-10-11-13-16-33;1-2-4-6-5-3-1/h1,17-19,24-26H,9-16,20-21,33H2,2-7H3,(H,34,35);1-6H/t24-,25+,26-;/m0./s1. The fraction of sp³-hybridized carbons (Fsp3) is 0.553. The normalized spacial score (nSPS) is 20.0. The quantitative estimate of drug-likeness (QED) is 0.135. The Morgan fingerprint density at radius 3 is 2.12 bits per heavy atom. The topological polar surface area (TPSA) is 73.6 Å². The number of fused-ring (bicyclic) bond motifs is 1. The molecule has 0 radical (unpaired) electrons. The molecule has 5 nitrogen and oxygen atoms in total. The van der Waals surface area contributed by atoms with Gasteiger partial charge >= 0.3 is 0 Å². The van der Waals surface area contributed by atoms with Gasteiger partial charge in [0.05, 0.1) is 14.2 Å². The molecule has 5 rings (SSSR count). The SMILES string of the molecule is C#CCCC(=O)NCC1=C[C@H](c2c(OC)cc(C(C)(C)CCCCCCN)cc2OC)[C@@H]2C[C@H]1C2(C)C.c1ccccc1. The second kappa shape index (κ2) is 16.0. The average molecular weight is 587 g/mol. The zero-order valence-electron chi connectivity index (χ0n) is 27.4. The Kier molecular flexibility index (Phi) is 12.8. The minimum Gasteiger partial charge on any atom is -0.496 e. The summed E-state index contributed by atoms with van der Waals surface area (Å²) >= 11 is 0. The monoisotopic (exact) mass is 586 g/mol. The van der Waals surface area contributed by atoms with Gasteiger partial charge in [-0.15, -0.1) is 12.3 Å². The lowest BCUT2D eigenvalue weighted by Crippen LogP contribution is -2.52. The van der Waals surface area contributed by atoms with Gasteiger partial charge in [0.25, 0.3) is 0 Å². The number of unbranched alkanes of at least 4 members (excludes halogenated alkanes) is 3. The molecular weight excluding hydrogens is 532 g/mol. The van der Waals surface area contributed by atoms with E-state index in [0.717, 1.165) is 42.9 Å². The number of ether oxygens (including phenoxy) is 2. The number of hydrogen-bond donors (Lipinski definition) is 2. The summed E-state index contributed by atoms with van der Waals surface area (Å²) in [5.41, 5.74) is 9.49. The highest BCUT2D eigenvalue weighted by Crippen LogP contribution is 2.65. The molecule has 0 aromatic heterocycles. The van der Waals surface area contributed by atoms with Crippen molar-refractivity contribution in [1.82, 2.24) is 5.32 Å². The summed E-state index contributed by atoms with van der Waals surface area (Å²) in [5.74, 6) is 5.51. The van der Waals surface area contributed by atoms with E-state index in [2.05, 4.69) is 57.1 Å². The summed E-state index contributed by atoms with van der Waals surface area (Å²) in [6, 6.07) is 16.5. The molecule has 3 N–H and O–H groups in total. The first-order valence-electron chi connectivity index (χ1n) is 16.0. The molecule has 5 heteroatoms. The van der Waals surface area contributed by atoms with E-state index in [9.17, 15) is 4.79 Å². The number of hydrogen-bond acceptors (Lipinski definition) is 4. The van der Waals surface area contributed by atoms with Gasteiger partial charge in [-0.25, -0.2) is 0 Å². The van der Waals surface area contributed by atoms with Crippen LogP contribution in [-0.4, -0.2) is 33.2 Å². The molecule has 2 aromatic rings. The maximum absolute atomic E-state index is 12.3. The number of amides is 1. The summed E-state index contributed by atoms with van der Waals surface area (Å²) in [7, 11) is 3.52. The predicted octanol–water partition coefficient (Wildman–Crippen LogP) is 7.79. The molecule has 43 heavy (non-hydrogen) atoms. The fourth-order valence-corrected chi connectivity index (χ4v) is 6.85. The molecule has 2 aromatic carbocycles. The van der Waals surface area contributed by atoms with E-state index in [-0.39, 0.29) is 22.7 Å². The lowest BCUT2D eigenvalue weighted by Gasteiger charge is -2.59. The van der Waals surface area contributed by atoms with Gasteiger partial charge in [0.1, 0.15) is 11.5 Å². The summed E-state index contributed by atoms with van der Waals surface area (Å²) in [4.78, 5) is 12.3. The van der Waals surface area contributed by atoms with Gasteiger partial charge in [-0.05, 0) is 66.2 Å². The number of methoxy groups -OCH3 is 2. The molecule has 234 valence electrons. The Labute approximate surface area is 261 Å². The van der Waals surface area contributed by atoms with Crippen LogP contribution in [0.3, 0.4) is 0 Å². The van der Waals surface area contributed by atoms with Crippen molar-refractivity contribution in [3.8, 4) is 23.8 Å². The second-order valence-electron chi connectivity index (χ2n) is 13.3.